The Morgan fingerprint density at radius 1 is 1.39 bits per heavy atom. The summed E-state index contributed by atoms with van der Waals surface area (Å²) in [6.45, 7) is 2.09. The highest BCUT2D eigenvalue weighted by Crippen LogP contribution is 2.23. The summed E-state index contributed by atoms with van der Waals surface area (Å²) in [4.78, 5) is 14.3. The molecule has 0 aliphatic heterocycles. The van der Waals surface area contributed by atoms with Crippen molar-refractivity contribution in [1.82, 2.24) is 4.98 Å². The Hall–Kier alpha value is -1.92. The zero-order valence-electron chi connectivity index (χ0n) is 9.62. The number of hydrogen-bond donors (Lipinski definition) is 1. The lowest BCUT2D eigenvalue weighted by Gasteiger charge is -1.94. The molecule has 0 fully saturated rings. The van der Waals surface area contributed by atoms with Gasteiger partial charge in [0.15, 0.2) is 0 Å². The molecule has 2 N–H and O–H groups in total. The van der Waals surface area contributed by atoms with Crippen molar-refractivity contribution in [2.75, 3.05) is 0 Å². The number of oxazole rings is 1. The minimum Gasteiger partial charge on any atom is -0.441 e. The van der Waals surface area contributed by atoms with E-state index in [-0.39, 0.29) is 18.1 Å². The Morgan fingerprint density at radius 3 is 2.44 bits per heavy atom. The fourth-order valence-electron chi connectivity index (χ4n) is 1.47. The summed E-state index contributed by atoms with van der Waals surface area (Å²) in [5, 5.41) is 10.5. The van der Waals surface area contributed by atoms with Crippen LogP contribution in [0.15, 0.2) is 28.7 Å². The number of aryl methyl sites for hydroxylation is 1. The number of benzene rings is 1. The maximum absolute atomic E-state index is 10.5. The Kier molecular flexibility index (Phi) is 4.41. The molecule has 0 spiro atoms. The minimum atomic E-state index is -0.449. The van der Waals surface area contributed by atoms with Crippen molar-refractivity contribution in [3.8, 4) is 11.5 Å². The summed E-state index contributed by atoms with van der Waals surface area (Å²) in [5.74, 6) is 1.10. The van der Waals surface area contributed by atoms with Gasteiger partial charge in [-0.3, -0.25) is 10.1 Å². The second-order valence-corrected chi connectivity index (χ2v) is 3.53. The van der Waals surface area contributed by atoms with Crippen molar-refractivity contribution in [1.29, 1.82) is 0 Å². The number of nitro groups is 1. The number of rotatable bonds is 3. The Balaban J connectivity index is 0.00000162. The Bertz CT molecular complexity index is 551. The topological polar surface area (TPSA) is 95.2 Å². The van der Waals surface area contributed by atoms with Gasteiger partial charge in [-0.2, -0.15) is 0 Å². The van der Waals surface area contributed by atoms with Crippen LogP contribution in [0, 0.1) is 17.0 Å². The number of halogens is 1. The third-order valence-electron chi connectivity index (χ3n) is 2.41. The molecule has 1 aromatic carbocycles. The second kappa shape index (κ2) is 5.61. The normalized spacial score (nSPS) is 9.89. The van der Waals surface area contributed by atoms with Crippen LogP contribution in [0.5, 0.6) is 0 Å². The van der Waals surface area contributed by atoms with Gasteiger partial charge in [0.1, 0.15) is 5.76 Å². The summed E-state index contributed by atoms with van der Waals surface area (Å²) in [6.07, 6.45) is 0. The maximum Gasteiger partial charge on any atom is 0.269 e. The average Bonchev–Trinajstić information content (AvgIpc) is 2.70. The van der Waals surface area contributed by atoms with Crippen LogP contribution in [0.1, 0.15) is 11.5 Å². The Labute approximate surface area is 109 Å². The summed E-state index contributed by atoms with van der Waals surface area (Å²) < 4.78 is 5.43. The summed E-state index contributed by atoms with van der Waals surface area (Å²) >= 11 is 0. The molecular formula is C11H12ClN3O3. The first-order chi connectivity index (χ1) is 8.11. The lowest BCUT2D eigenvalue weighted by Crippen LogP contribution is -1.97. The smallest absolute Gasteiger partial charge is 0.269 e. The van der Waals surface area contributed by atoms with Gasteiger partial charge in [0.05, 0.1) is 10.6 Å². The predicted octanol–water partition coefficient (Wildman–Crippen LogP) is 2.44. The van der Waals surface area contributed by atoms with Crippen LogP contribution >= 0.6 is 12.4 Å². The zero-order chi connectivity index (χ0) is 12.4. The van der Waals surface area contributed by atoms with Gasteiger partial charge in [0.25, 0.3) is 5.69 Å². The van der Waals surface area contributed by atoms with Gasteiger partial charge in [0, 0.05) is 24.2 Å². The van der Waals surface area contributed by atoms with E-state index in [2.05, 4.69) is 4.98 Å². The highest BCUT2D eigenvalue weighted by Gasteiger charge is 2.11. The molecule has 2 rings (SSSR count). The van der Waals surface area contributed by atoms with Crippen LogP contribution in [-0.4, -0.2) is 9.91 Å². The molecule has 2 aromatic rings. The van der Waals surface area contributed by atoms with E-state index in [4.69, 9.17) is 10.2 Å². The van der Waals surface area contributed by atoms with Crippen molar-refractivity contribution in [3.05, 3.63) is 45.8 Å². The van der Waals surface area contributed by atoms with E-state index in [1.807, 2.05) is 0 Å². The molecule has 1 aromatic heterocycles. The third kappa shape index (κ3) is 2.66. The first kappa shape index (κ1) is 14.1. The standard InChI is InChI=1S/C11H11N3O3.ClH/c1-7-10(6-12)13-11(17-7)8-2-4-9(5-3-8)14(15)16;/h2-5H,6,12H2,1H3;1H. The lowest BCUT2D eigenvalue weighted by molar-refractivity contribution is -0.384. The van der Waals surface area contributed by atoms with Crippen LogP contribution < -0.4 is 5.73 Å². The molecule has 0 saturated heterocycles. The van der Waals surface area contributed by atoms with E-state index >= 15 is 0 Å². The molecule has 6 nitrogen and oxygen atoms in total. The molecule has 0 bridgehead atoms. The molecule has 0 atom stereocenters. The van der Waals surface area contributed by atoms with Crippen LogP contribution in [-0.2, 0) is 6.54 Å². The predicted molar refractivity (Wildman–Crippen MR) is 68.5 cm³/mol. The second-order valence-electron chi connectivity index (χ2n) is 3.53. The first-order valence-corrected chi connectivity index (χ1v) is 5.03. The number of nitrogens with zero attached hydrogens (tertiary/aromatic N) is 2. The van der Waals surface area contributed by atoms with E-state index in [1.54, 1.807) is 19.1 Å². The van der Waals surface area contributed by atoms with Crippen LogP contribution in [0.3, 0.4) is 0 Å². The molecular weight excluding hydrogens is 258 g/mol. The molecule has 0 saturated carbocycles. The molecule has 1 heterocycles. The zero-order valence-corrected chi connectivity index (χ0v) is 10.4. The maximum atomic E-state index is 10.5. The molecule has 0 aliphatic carbocycles. The third-order valence-corrected chi connectivity index (χ3v) is 2.41. The van der Waals surface area contributed by atoms with E-state index in [1.165, 1.54) is 12.1 Å². The van der Waals surface area contributed by atoms with Gasteiger partial charge in [-0.1, -0.05) is 0 Å². The minimum absolute atomic E-state index is 0. The number of aromatic nitrogens is 1. The van der Waals surface area contributed by atoms with Crippen molar-refractivity contribution >= 4 is 18.1 Å². The van der Waals surface area contributed by atoms with Gasteiger partial charge in [0.2, 0.25) is 5.89 Å². The monoisotopic (exact) mass is 269 g/mol. The van der Waals surface area contributed by atoms with Gasteiger partial charge in [-0.25, -0.2) is 4.98 Å². The summed E-state index contributed by atoms with van der Waals surface area (Å²) in [6, 6.07) is 6.03. The molecule has 0 amide bonds. The Morgan fingerprint density at radius 2 is 2.00 bits per heavy atom. The van der Waals surface area contributed by atoms with Crippen molar-refractivity contribution in [2.24, 2.45) is 5.73 Å². The van der Waals surface area contributed by atoms with E-state index < -0.39 is 4.92 Å². The van der Waals surface area contributed by atoms with Crippen LogP contribution in [0.2, 0.25) is 0 Å². The summed E-state index contributed by atoms with van der Waals surface area (Å²) in [7, 11) is 0. The average molecular weight is 270 g/mol. The lowest BCUT2D eigenvalue weighted by atomic mass is 10.2. The molecule has 18 heavy (non-hydrogen) atoms. The van der Waals surface area contributed by atoms with E-state index in [9.17, 15) is 10.1 Å². The van der Waals surface area contributed by atoms with Gasteiger partial charge < -0.3 is 10.2 Å². The SMILES string of the molecule is Cc1oc(-c2ccc([N+](=O)[O-])cc2)nc1CN.Cl. The van der Waals surface area contributed by atoms with Crippen molar-refractivity contribution < 1.29 is 9.34 Å². The number of nitrogens with two attached hydrogens (primary N) is 1. The largest absolute Gasteiger partial charge is 0.441 e. The fourth-order valence-corrected chi connectivity index (χ4v) is 1.47. The number of hydrogen-bond acceptors (Lipinski definition) is 5. The van der Waals surface area contributed by atoms with Crippen molar-refractivity contribution in [3.63, 3.8) is 0 Å². The molecule has 0 aliphatic rings. The van der Waals surface area contributed by atoms with E-state index in [0.717, 1.165) is 0 Å². The summed E-state index contributed by atoms with van der Waals surface area (Å²) in [5.41, 5.74) is 6.92. The van der Waals surface area contributed by atoms with E-state index in [0.29, 0.717) is 29.5 Å². The van der Waals surface area contributed by atoms with Crippen molar-refractivity contribution in [2.45, 2.75) is 13.5 Å². The first-order valence-electron chi connectivity index (χ1n) is 5.03. The van der Waals surface area contributed by atoms with Crippen LogP contribution in [0.25, 0.3) is 11.5 Å². The molecule has 0 radical (unpaired) electrons. The molecule has 96 valence electrons. The highest BCUT2D eigenvalue weighted by molar-refractivity contribution is 5.85. The molecule has 0 unspecified atom stereocenters. The molecule has 7 heteroatoms. The van der Waals surface area contributed by atoms with Gasteiger partial charge in [-0.05, 0) is 19.1 Å². The van der Waals surface area contributed by atoms with Gasteiger partial charge >= 0.3 is 0 Å². The number of non-ortho nitro benzene ring substituents is 1. The van der Waals surface area contributed by atoms with Crippen LogP contribution in [0.4, 0.5) is 5.69 Å². The highest BCUT2D eigenvalue weighted by atomic mass is 35.5. The van der Waals surface area contributed by atoms with Gasteiger partial charge in [-0.15, -0.1) is 12.4 Å². The fraction of sp³-hybridized carbons (Fsp3) is 0.182. The number of nitro benzene ring substituents is 1. The quantitative estimate of drug-likeness (QED) is 0.682.